The predicted molar refractivity (Wildman–Crippen MR) is 64.5 cm³/mol. The molecule has 0 saturated heterocycles. The molecule has 0 spiro atoms. The quantitative estimate of drug-likeness (QED) is 0.888. The van der Waals surface area contributed by atoms with Gasteiger partial charge in [0.25, 0.3) is 0 Å². The number of rotatable bonds is 2. The second kappa shape index (κ2) is 3.10. The molecule has 2 aromatic rings. The van der Waals surface area contributed by atoms with Crippen LogP contribution in [0, 0.1) is 0 Å². The van der Waals surface area contributed by atoms with E-state index in [1.165, 1.54) is 0 Å². The molecule has 0 unspecified atom stereocenters. The Kier molecular flexibility index (Phi) is 1.92. The van der Waals surface area contributed by atoms with Crippen LogP contribution in [0.25, 0.3) is 10.9 Å². The standard InChI is InChI=1S/C12H10BrNO2/c13-9-6-14-10-5-7(1-2-8(9)10)12(3-4-12)11(15)16/h1-2,5-6,14H,3-4H2,(H,15,16). The highest BCUT2D eigenvalue weighted by Gasteiger charge is 2.51. The number of benzene rings is 1. The van der Waals surface area contributed by atoms with Gasteiger partial charge in [0.15, 0.2) is 0 Å². The van der Waals surface area contributed by atoms with Crippen molar-refractivity contribution >= 4 is 32.8 Å². The van der Waals surface area contributed by atoms with Crippen molar-refractivity contribution in [2.45, 2.75) is 18.3 Å². The Balaban J connectivity index is 2.16. The van der Waals surface area contributed by atoms with E-state index in [2.05, 4.69) is 20.9 Å². The molecule has 1 heterocycles. The van der Waals surface area contributed by atoms with Gasteiger partial charge in [-0.05, 0) is 40.4 Å². The number of nitrogens with one attached hydrogen (secondary N) is 1. The zero-order valence-corrected chi connectivity index (χ0v) is 10.0. The monoisotopic (exact) mass is 279 g/mol. The van der Waals surface area contributed by atoms with Gasteiger partial charge in [0.2, 0.25) is 0 Å². The van der Waals surface area contributed by atoms with Crippen molar-refractivity contribution in [3.05, 3.63) is 34.4 Å². The summed E-state index contributed by atoms with van der Waals surface area (Å²) < 4.78 is 1.01. The highest BCUT2D eigenvalue weighted by atomic mass is 79.9. The average Bonchev–Trinajstić information content (AvgIpc) is 3.00. The highest BCUT2D eigenvalue weighted by molar-refractivity contribution is 9.10. The molecule has 0 aliphatic heterocycles. The molecule has 1 aliphatic carbocycles. The summed E-state index contributed by atoms with van der Waals surface area (Å²) in [4.78, 5) is 14.3. The first-order valence-corrected chi connectivity index (χ1v) is 5.93. The molecule has 1 aromatic heterocycles. The van der Waals surface area contributed by atoms with Gasteiger partial charge in [0.05, 0.1) is 5.41 Å². The van der Waals surface area contributed by atoms with Crippen molar-refractivity contribution in [3.8, 4) is 0 Å². The SMILES string of the molecule is O=C(O)C1(c2ccc3c(Br)c[nH]c3c2)CC1. The molecule has 0 radical (unpaired) electrons. The van der Waals surface area contributed by atoms with Crippen molar-refractivity contribution < 1.29 is 9.90 Å². The van der Waals surface area contributed by atoms with Crippen LogP contribution < -0.4 is 0 Å². The number of hydrogen-bond acceptors (Lipinski definition) is 1. The molecular weight excluding hydrogens is 270 g/mol. The van der Waals surface area contributed by atoms with E-state index in [1.54, 1.807) is 0 Å². The summed E-state index contributed by atoms with van der Waals surface area (Å²) in [5, 5.41) is 10.3. The average molecular weight is 280 g/mol. The Labute approximate surface area is 101 Å². The normalized spacial score (nSPS) is 17.6. The van der Waals surface area contributed by atoms with E-state index < -0.39 is 11.4 Å². The molecule has 0 amide bonds. The second-order valence-electron chi connectivity index (χ2n) is 4.28. The Morgan fingerprint density at radius 3 is 2.81 bits per heavy atom. The fraction of sp³-hybridized carbons (Fsp3) is 0.250. The lowest BCUT2D eigenvalue weighted by Crippen LogP contribution is -2.19. The number of fused-ring (bicyclic) bond motifs is 1. The number of aromatic nitrogens is 1. The van der Waals surface area contributed by atoms with Crippen molar-refractivity contribution in [1.29, 1.82) is 0 Å². The van der Waals surface area contributed by atoms with Crippen LogP contribution in [0.3, 0.4) is 0 Å². The maximum Gasteiger partial charge on any atom is 0.314 e. The van der Waals surface area contributed by atoms with Crippen LogP contribution in [0.4, 0.5) is 0 Å². The van der Waals surface area contributed by atoms with Crippen LogP contribution >= 0.6 is 15.9 Å². The summed E-state index contributed by atoms with van der Waals surface area (Å²) in [7, 11) is 0. The third-order valence-corrected chi connectivity index (χ3v) is 4.00. The summed E-state index contributed by atoms with van der Waals surface area (Å²) in [6.07, 6.45) is 3.36. The molecule has 4 heteroatoms. The molecule has 0 atom stereocenters. The number of hydrogen-bond donors (Lipinski definition) is 2. The maximum atomic E-state index is 11.2. The largest absolute Gasteiger partial charge is 0.481 e. The lowest BCUT2D eigenvalue weighted by atomic mass is 9.95. The van der Waals surface area contributed by atoms with Crippen LogP contribution in [-0.4, -0.2) is 16.1 Å². The van der Waals surface area contributed by atoms with Crippen LogP contribution in [0.5, 0.6) is 0 Å². The fourth-order valence-electron chi connectivity index (χ4n) is 2.14. The van der Waals surface area contributed by atoms with Gasteiger partial charge in [-0.15, -0.1) is 0 Å². The van der Waals surface area contributed by atoms with Crippen molar-refractivity contribution in [2.24, 2.45) is 0 Å². The fourth-order valence-corrected chi connectivity index (χ4v) is 2.60. The molecule has 1 fully saturated rings. The molecule has 1 aliphatic rings. The Hall–Kier alpha value is -1.29. The van der Waals surface area contributed by atoms with E-state index in [9.17, 15) is 9.90 Å². The smallest absolute Gasteiger partial charge is 0.314 e. The van der Waals surface area contributed by atoms with E-state index in [-0.39, 0.29) is 0 Å². The number of aromatic amines is 1. The van der Waals surface area contributed by atoms with Crippen molar-refractivity contribution in [3.63, 3.8) is 0 Å². The number of carbonyl (C=O) groups is 1. The van der Waals surface area contributed by atoms with Gasteiger partial charge in [-0.2, -0.15) is 0 Å². The second-order valence-corrected chi connectivity index (χ2v) is 5.14. The van der Waals surface area contributed by atoms with E-state index in [4.69, 9.17) is 0 Å². The summed E-state index contributed by atoms with van der Waals surface area (Å²) in [6.45, 7) is 0. The first kappa shape index (κ1) is 9.90. The Morgan fingerprint density at radius 1 is 1.44 bits per heavy atom. The molecule has 82 valence electrons. The number of carboxylic acid groups (broad SMARTS) is 1. The Bertz CT molecular complexity index is 584. The number of carboxylic acids is 1. The maximum absolute atomic E-state index is 11.2. The molecular formula is C12H10BrNO2. The van der Waals surface area contributed by atoms with Gasteiger partial charge in [-0.3, -0.25) is 4.79 Å². The number of aliphatic carboxylic acids is 1. The van der Waals surface area contributed by atoms with Crippen LogP contribution in [0.2, 0.25) is 0 Å². The van der Waals surface area contributed by atoms with E-state index in [0.29, 0.717) is 0 Å². The molecule has 1 aromatic carbocycles. The predicted octanol–water partition coefficient (Wildman–Crippen LogP) is 3.05. The van der Waals surface area contributed by atoms with Crippen LogP contribution in [0.1, 0.15) is 18.4 Å². The molecule has 3 nitrogen and oxygen atoms in total. The lowest BCUT2D eigenvalue weighted by Gasteiger charge is -2.09. The summed E-state index contributed by atoms with van der Waals surface area (Å²) in [6, 6.07) is 5.83. The minimum Gasteiger partial charge on any atom is -0.481 e. The van der Waals surface area contributed by atoms with Gasteiger partial charge < -0.3 is 10.1 Å². The van der Waals surface area contributed by atoms with Crippen LogP contribution in [0.15, 0.2) is 28.9 Å². The van der Waals surface area contributed by atoms with Gasteiger partial charge in [-0.1, -0.05) is 12.1 Å². The molecule has 16 heavy (non-hydrogen) atoms. The van der Waals surface area contributed by atoms with E-state index in [1.807, 2.05) is 24.4 Å². The van der Waals surface area contributed by atoms with Gasteiger partial charge in [-0.25, -0.2) is 0 Å². The Morgan fingerprint density at radius 2 is 2.19 bits per heavy atom. The first-order chi connectivity index (χ1) is 7.63. The van der Waals surface area contributed by atoms with Crippen LogP contribution in [-0.2, 0) is 10.2 Å². The number of H-pyrrole nitrogens is 1. The summed E-state index contributed by atoms with van der Waals surface area (Å²) in [5.41, 5.74) is 1.27. The van der Waals surface area contributed by atoms with Crippen molar-refractivity contribution in [1.82, 2.24) is 4.98 Å². The van der Waals surface area contributed by atoms with E-state index in [0.717, 1.165) is 33.8 Å². The molecule has 2 N–H and O–H groups in total. The summed E-state index contributed by atoms with van der Waals surface area (Å²) >= 11 is 3.44. The lowest BCUT2D eigenvalue weighted by molar-refractivity contribution is -0.140. The topological polar surface area (TPSA) is 53.1 Å². The zero-order chi connectivity index (χ0) is 11.3. The van der Waals surface area contributed by atoms with E-state index >= 15 is 0 Å². The minimum atomic E-state index is -0.711. The molecule has 0 bridgehead atoms. The highest BCUT2D eigenvalue weighted by Crippen LogP contribution is 2.49. The van der Waals surface area contributed by atoms with Gasteiger partial charge in [0.1, 0.15) is 0 Å². The van der Waals surface area contributed by atoms with Gasteiger partial charge in [0, 0.05) is 21.6 Å². The minimum absolute atomic E-state index is 0.619. The molecule has 1 saturated carbocycles. The van der Waals surface area contributed by atoms with Crippen molar-refractivity contribution in [2.75, 3.05) is 0 Å². The third kappa shape index (κ3) is 1.23. The first-order valence-electron chi connectivity index (χ1n) is 5.14. The third-order valence-electron chi connectivity index (χ3n) is 3.34. The number of halogens is 1. The summed E-state index contributed by atoms with van der Waals surface area (Å²) in [5.74, 6) is -0.711. The zero-order valence-electron chi connectivity index (χ0n) is 8.46. The molecule has 3 rings (SSSR count). The van der Waals surface area contributed by atoms with Gasteiger partial charge >= 0.3 is 5.97 Å².